The monoisotopic (exact) mass is 351 g/mol. The molecule has 1 aromatic carbocycles. The summed E-state index contributed by atoms with van der Waals surface area (Å²) in [6.07, 6.45) is 0. The van der Waals surface area contributed by atoms with Gasteiger partial charge in [-0.25, -0.2) is 8.78 Å². The Kier molecular flexibility index (Phi) is 4.59. The van der Waals surface area contributed by atoms with Gasteiger partial charge in [0.05, 0.1) is 21.3 Å². The summed E-state index contributed by atoms with van der Waals surface area (Å²) in [5.74, 6) is 4.05. The van der Waals surface area contributed by atoms with Crippen molar-refractivity contribution in [3.63, 3.8) is 0 Å². The molecule has 0 atom stereocenters. The molecule has 21 heavy (non-hydrogen) atoms. The van der Waals surface area contributed by atoms with Crippen molar-refractivity contribution < 1.29 is 8.78 Å². The van der Waals surface area contributed by atoms with Crippen LogP contribution in [0.2, 0.25) is 0 Å². The van der Waals surface area contributed by atoms with Crippen molar-refractivity contribution in [3.05, 3.63) is 56.3 Å². The Morgan fingerprint density at radius 2 is 1.90 bits per heavy atom. The Hall–Kier alpha value is -1.93. The molecule has 1 heterocycles. The van der Waals surface area contributed by atoms with E-state index in [1.807, 2.05) is 0 Å². The zero-order chi connectivity index (χ0) is 15.6. The lowest BCUT2D eigenvalue weighted by Crippen LogP contribution is -2.23. The minimum atomic E-state index is -0.724. The highest BCUT2D eigenvalue weighted by Crippen LogP contribution is 2.29. The number of rotatable bonds is 2. The molecular formula is C16H12BrF2NO. The molecule has 0 aliphatic heterocycles. The Morgan fingerprint density at radius 3 is 2.43 bits per heavy atom. The van der Waals surface area contributed by atoms with Crippen molar-refractivity contribution in [2.75, 3.05) is 0 Å². The molecular weight excluding hydrogens is 340 g/mol. The summed E-state index contributed by atoms with van der Waals surface area (Å²) in [5.41, 5.74) is -0.0241. The first kappa shape index (κ1) is 15.5. The second-order valence-electron chi connectivity index (χ2n) is 4.28. The predicted molar refractivity (Wildman–Crippen MR) is 82.0 cm³/mol. The summed E-state index contributed by atoms with van der Waals surface area (Å²) in [4.78, 5) is 12.2. The summed E-state index contributed by atoms with van der Waals surface area (Å²) >= 11 is 3.16. The standard InChI is InChI=1S/C16H12BrF2NO/c1-3-6-10-9-11(17)16(21)20(4-2)15(10)14-12(18)7-5-8-13(14)19/h5,7-9H,4H2,1-2H3. The van der Waals surface area contributed by atoms with Crippen molar-refractivity contribution >= 4 is 15.9 Å². The number of nitrogens with zero attached hydrogens (tertiary/aromatic N) is 1. The maximum absolute atomic E-state index is 14.1. The first-order valence-electron chi connectivity index (χ1n) is 6.31. The molecule has 2 rings (SSSR count). The summed E-state index contributed by atoms with van der Waals surface area (Å²) < 4.78 is 29.8. The van der Waals surface area contributed by atoms with Crippen LogP contribution in [-0.2, 0) is 6.54 Å². The number of benzene rings is 1. The first-order valence-corrected chi connectivity index (χ1v) is 7.11. The minimum absolute atomic E-state index is 0.163. The van der Waals surface area contributed by atoms with Crippen molar-refractivity contribution in [3.8, 4) is 23.1 Å². The van der Waals surface area contributed by atoms with E-state index in [2.05, 4.69) is 27.8 Å². The summed E-state index contributed by atoms with van der Waals surface area (Å²) in [7, 11) is 0. The molecule has 0 aliphatic rings. The van der Waals surface area contributed by atoms with E-state index in [4.69, 9.17) is 0 Å². The lowest BCUT2D eigenvalue weighted by Gasteiger charge is -2.15. The van der Waals surface area contributed by atoms with Crippen molar-refractivity contribution in [2.24, 2.45) is 0 Å². The molecule has 0 bridgehead atoms. The molecule has 1 aromatic heterocycles. The number of pyridine rings is 1. The molecule has 0 unspecified atom stereocenters. The fourth-order valence-electron chi connectivity index (χ4n) is 2.16. The molecule has 5 heteroatoms. The van der Waals surface area contributed by atoms with Gasteiger partial charge in [0.2, 0.25) is 0 Å². The van der Waals surface area contributed by atoms with Crippen molar-refractivity contribution in [2.45, 2.75) is 20.4 Å². The van der Waals surface area contributed by atoms with Gasteiger partial charge in [0.15, 0.2) is 0 Å². The third-order valence-corrected chi connectivity index (χ3v) is 3.59. The number of hydrogen-bond donors (Lipinski definition) is 0. The molecule has 0 saturated carbocycles. The molecule has 0 spiro atoms. The molecule has 0 N–H and O–H groups in total. The van der Waals surface area contributed by atoms with E-state index in [1.54, 1.807) is 13.8 Å². The molecule has 108 valence electrons. The van der Waals surface area contributed by atoms with Gasteiger partial charge >= 0.3 is 0 Å². The highest BCUT2D eigenvalue weighted by atomic mass is 79.9. The largest absolute Gasteiger partial charge is 0.306 e. The smallest absolute Gasteiger partial charge is 0.265 e. The minimum Gasteiger partial charge on any atom is -0.306 e. The number of halogens is 3. The molecule has 0 fully saturated rings. The van der Waals surface area contributed by atoms with Crippen molar-refractivity contribution in [1.82, 2.24) is 4.57 Å². The molecule has 0 amide bonds. The van der Waals surface area contributed by atoms with Gasteiger partial charge in [-0.05, 0) is 48.0 Å². The van der Waals surface area contributed by atoms with Crippen LogP contribution < -0.4 is 5.56 Å². The van der Waals surface area contributed by atoms with Crippen LogP contribution in [0.4, 0.5) is 8.78 Å². The van der Waals surface area contributed by atoms with Gasteiger partial charge in [-0.2, -0.15) is 0 Å². The Bertz CT molecular complexity index is 795. The molecule has 0 saturated heterocycles. The maximum Gasteiger partial charge on any atom is 0.265 e. The zero-order valence-electron chi connectivity index (χ0n) is 11.5. The zero-order valence-corrected chi connectivity index (χ0v) is 13.1. The van der Waals surface area contributed by atoms with Crippen LogP contribution in [0.1, 0.15) is 19.4 Å². The molecule has 0 radical (unpaired) electrons. The number of aromatic nitrogens is 1. The van der Waals surface area contributed by atoms with Gasteiger partial charge in [0.1, 0.15) is 11.6 Å². The van der Waals surface area contributed by atoms with Crippen LogP contribution in [0.3, 0.4) is 0 Å². The Balaban J connectivity index is 2.99. The Morgan fingerprint density at radius 1 is 1.29 bits per heavy atom. The highest BCUT2D eigenvalue weighted by Gasteiger charge is 2.20. The SMILES string of the molecule is CC#Cc1cc(Br)c(=O)n(CC)c1-c1c(F)cccc1F. The van der Waals surface area contributed by atoms with Crippen LogP contribution >= 0.6 is 15.9 Å². The van der Waals surface area contributed by atoms with Crippen LogP contribution in [-0.4, -0.2) is 4.57 Å². The fourth-order valence-corrected chi connectivity index (χ4v) is 2.60. The van der Waals surface area contributed by atoms with Crippen LogP contribution in [0, 0.1) is 23.5 Å². The van der Waals surface area contributed by atoms with Gasteiger partial charge in [-0.3, -0.25) is 4.79 Å². The average Bonchev–Trinajstić information content (AvgIpc) is 2.44. The normalized spacial score (nSPS) is 10.1. The lowest BCUT2D eigenvalue weighted by molar-refractivity contribution is 0.584. The van der Waals surface area contributed by atoms with E-state index in [0.717, 1.165) is 12.1 Å². The highest BCUT2D eigenvalue weighted by molar-refractivity contribution is 9.10. The third-order valence-electron chi connectivity index (χ3n) is 3.02. The second-order valence-corrected chi connectivity index (χ2v) is 5.13. The molecule has 0 aliphatic carbocycles. The summed E-state index contributed by atoms with van der Waals surface area (Å²) in [5, 5.41) is 0. The van der Waals surface area contributed by atoms with Crippen molar-refractivity contribution in [1.29, 1.82) is 0 Å². The second kappa shape index (κ2) is 6.23. The fraction of sp³-hybridized carbons (Fsp3) is 0.188. The van der Waals surface area contributed by atoms with Gasteiger partial charge in [0, 0.05) is 6.54 Å². The van der Waals surface area contributed by atoms with Crippen LogP contribution in [0.25, 0.3) is 11.3 Å². The maximum atomic E-state index is 14.1. The van der Waals surface area contributed by atoms with Gasteiger partial charge in [0.25, 0.3) is 5.56 Å². The van der Waals surface area contributed by atoms with E-state index < -0.39 is 11.6 Å². The van der Waals surface area contributed by atoms with E-state index in [-0.39, 0.29) is 23.4 Å². The van der Waals surface area contributed by atoms with E-state index in [9.17, 15) is 13.6 Å². The molecule has 2 aromatic rings. The quantitative estimate of drug-likeness (QED) is 0.751. The van der Waals surface area contributed by atoms with Gasteiger partial charge < -0.3 is 4.57 Å². The van der Waals surface area contributed by atoms with Gasteiger partial charge in [-0.15, -0.1) is 5.92 Å². The van der Waals surface area contributed by atoms with Crippen LogP contribution in [0.5, 0.6) is 0 Å². The van der Waals surface area contributed by atoms with Crippen LogP contribution in [0.15, 0.2) is 33.5 Å². The van der Waals surface area contributed by atoms with E-state index in [1.165, 1.54) is 16.7 Å². The number of hydrogen-bond acceptors (Lipinski definition) is 1. The third kappa shape index (κ3) is 2.77. The predicted octanol–water partition coefficient (Wildman–Crippen LogP) is 3.95. The summed E-state index contributed by atoms with van der Waals surface area (Å²) in [6, 6.07) is 5.10. The topological polar surface area (TPSA) is 22.0 Å². The average molecular weight is 352 g/mol. The van der Waals surface area contributed by atoms with Gasteiger partial charge in [-0.1, -0.05) is 12.0 Å². The van der Waals surface area contributed by atoms with E-state index in [0.29, 0.717) is 10.0 Å². The van der Waals surface area contributed by atoms with E-state index >= 15 is 0 Å². The summed E-state index contributed by atoms with van der Waals surface area (Å²) in [6.45, 7) is 3.63. The first-order chi connectivity index (χ1) is 10.0. The molecule has 2 nitrogen and oxygen atoms in total. The Labute approximate surface area is 129 Å². The lowest BCUT2D eigenvalue weighted by atomic mass is 10.0.